The van der Waals surface area contributed by atoms with Crippen LogP contribution in [0.3, 0.4) is 0 Å². The predicted octanol–water partition coefficient (Wildman–Crippen LogP) is 4.23. The number of halogens is 1. The van der Waals surface area contributed by atoms with Crippen molar-refractivity contribution in [1.29, 1.82) is 0 Å². The maximum Gasteiger partial charge on any atom is 0.353 e. The molecule has 21 heavy (non-hydrogen) atoms. The van der Waals surface area contributed by atoms with Gasteiger partial charge in [-0.15, -0.1) is 11.3 Å². The number of hydrogen-bond acceptors (Lipinski definition) is 3. The summed E-state index contributed by atoms with van der Waals surface area (Å²) in [7, 11) is 0. The largest absolute Gasteiger partial charge is 0.477 e. The van der Waals surface area contributed by atoms with E-state index in [1.54, 1.807) is 6.33 Å². The molecule has 0 saturated heterocycles. The number of para-hydroxylation sites is 1. The number of nitrogens with one attached hydrogen (secondary N) is 2. The molecule has 0 spiro atoms. The summed E-state index contributed by atoms with van der Waals surface area (Å²) >= 11 is 4.95. The summed E-state index contributed by atoms with van der Waals surface area (Å²) in [5.74, 6) is -0.979. The Hall–Kier alpha value is -2.12. The summed E-state index contributed by atoms with van der Waals surface area (Å²) in [6, 6.07) is 5.70. The van der Waals surface area contributed by atoms with Crippen molar-refractivity contribution in [2.24, 2.45) is 0 Å². The molecule has 0 unspecified atom stereocenters. The number of carbonyl (C=O) groups is 1. The molecule has 7 heteroatoms. The van der Waals surface area contributed by atoms with E-state index in [4.69, 9.17) is 0 Å². The van der Waals surface area contributed by atoms with E-state index in [1.165, 1.54) is 11.3 Å². The zero-order valence-electron chi connectivity index (χ0n) is 10.5. The van der Waals surface area contributed by atoms with Gasteiger partial charge in [-0.2, -0.15) is 0 Å². The molecule has 0 bridgehead atoms. The van der Waals surface area contributed by atoms with Gasteiger partial charge in [0.1, 0.15) is 5.69 Å². The molecule has 0 saturated carbocycles. The number of benzene rings is 1. The van der Waals surface area contributed by atoms with Crippen LogP contribution >= 0.6 is 27.3 Å². The van der Waals surface area contributed by atoms with Gasteiger partial charge in [0.15, 0.2) is 0 Å². The van der Waals surface area contributed by atoms with Crippen LogP contribution in [-0.2, 0) is 0 Å². The van der Waals surface area contributed by atoms with E-state index >= 15 is 0 Å². The van der Waals surface area contributed by atoms with Crippen molar-refractivity contribution in [2.75, 3.05) is 0 Å². The Morgan fingerprint density at radius 3 is 3.05 bits per heavy atom. The number of carboxylic acids is 1. The molecule has 3 heterocycles. The van der Waals surface area contributed by atoms with Crippen molar-refractivity contribution >= 4 is 54.5 Å². The van der Waals surface area contributed by atoms with Crippen LogP contribution in [0.4, 0.5) is 0 Å². The fourth-order valence-corrected chi connectivity index (χ4v) is 4.18. The highest BCUT2D eigenvalue weighted by molar-refractivity contribution is 9.10. The van der Waals surface area contributed by atoms with E-state index in [9.17, 15) is 9.90 Å². The molecule has 0 amide bonds. The summed E-state index contributed by atoms with van der Waals surface area (Å²) in [6.45, 7) is 0. The molecule has 4 rings (SSSR count). The van der Waals surface area contributed by atoms with Gasteiger partial charge in [0, 0.05) is 16.5 Å². The molecule has 0 atom stereocenters. The summed E-state index contributed by atoms with van der Waals surface area (Å²) in [4.78, 5) is 21.9. The van der Waals surface area contributed by atoms with Gasteiger partial charge in [0.2, 0.25) is 0 Å². The smallest absolute Gasteiger partial charge is 0.353 e. The second kappa shape index (κ2) is 4.44. The molecule has 0 fully saturated rings. The minimum absolute atomic E-state index is 0.188. The van der Waals surface area contributed by atoms with Crippen LogP contribution < -0.4 is 0 Å². The van der Waals surface area contributed by atoms with Gasteiger partial charge >= 0.3 is 5.97 Å². The first-order valence-electron chi connectivity index (χ1n) is 6.11. The molecule has 0 radical (unpaired) electrons. The van der Waals surface area contributed by atoms with E-state index in [0.717, 1.165) is 31.3 Å². The normalized spacial score (nSPS) is 11.5. The minimum Gasteiger partial charge on any atom is -0.477 e. The molecule has 3 aromatic heterocycles. The van der Waals surface area contributed by atoms with Crippen molar-refractivity contribution in [3.8, 4) is 11.1 Å². The maximum absolute atomic E-state index is 11.6. The Balaban J connectivity index is 2.16. The minimum atomic E-state index is -0.979. The first-order chi connectivity index (χ1) is 10.2. The van der Waals surface area contributed by atoms with Crippen LogP contribution in [-0.4, -0.2) is 26.0 Å². The lowest BCUT2D eigenvalue weighted by Crippen LogP contribution is -1.99. The van der Waals surface area contributed by atoms with Crippen LogP contribution in [0, 0.1) is 0 Å². The third-order valence-corrected chi connectivity index (χ3v) is 5.33. The number of aromatic nitrogens is 3. The van der Waals surface area contributed by atoms with Gasteiger partial charge in [-0.1, -0.05) is 12.1 Å². The Labute approximate surface area is 130 Å². The van der Waals surface area contributed by atoms with E-state index in [2.05, 4.69) is 30.9 Å². The van der Waals surface area contributed by atoms with Crippen LogP contribution in [0.2, 0.25) is 0 Å². The lowest BCUT2D eigenvalue weighted by atomic mass is 10.0. The highest BCUT2D eigenvalue weighted by Gasteiger charge is 2.23. The van der Waals surface area contributed by atoms with Gasteiger partial charge in [-0.3, -0.25) is 0 Å². The van der Waals surface area contributed by atoms with Crippen LogP contribution in [0.25, 0.3) is 32.4 Å². The van der Waals surface area contributed by atoms with Crippen molar-refractivity contribution in [3.63, 3.8) is 0 Å². The number of hydrogen-bond donors (Lipinski definition) is 3. The molecule has 1 aromatic carbocycles. The fraction of sp³-hybridized carbons (Fsp3) is 0. The molecule has 3 N–H and O–H groups in total. The summed E-state index contributed by atoms with van der Waals surface area (Å²) in [5, 5.41) is 11.4. The maximum atomic E-state index is 11.6. The van der Waals surface area contributed by atoms with Crippen LogP contribution in [0.1, 0.15) is 10.5 Å². The third kappa shape index (κ3) is 1.74. The zero-order valence-corrected chi connectivity index (χ0v) is 12.9. The molecule has 4 aromatic rings. The predicted molar refractivity (Wildman–Crippen MR) is 85.9 cm³/mol. The molecule has 0 aliphatic carbocycles. The number of imidazole rings is 1. The van der Waals surface area contributed by atoms with E-state index in [1.807, 2.05) is 23.6 Å². The molecular weight excluding hydrogens is 354 g/mol. The molecular formula is C14H8BrN3O2S. The zero-order chi connectivity index (χ0) is 14.6. The number of rotatable bonds is 2. The second-order valence-corrected chi connectivity index (χ2v) is 6.31. The van der Waals surface area contributed by atoms with Crippen molar-refractivity contribution < 1.29 is 9.90 Å². The van der Waals surface area contributed by atoms with E-state index < -0.39 is 5.97 Å². The van der Waals surface area contributed by atoms with Crippen LogP contribution in [0.5, 0.6) is 0 Å². The van der Waals surface area contributed by atoms with Crippen molar-refractivity contribution in [2.45, 2.75) is 0 Å². The van der Waals surface area contributed by atoms with Crippen molar-refractivity contribution in [1.82, 2.24) is 15.0 Å². The first-order valence-corrected chi connectivity index (χ1v) is 7.78. The molecule has 0 aliphatic heterocycles. The van der Waals surface area contributed by atoms with Crippen LogP contribution in [0.15, 0.2) is 34.4 Å². The highest BCUT2D eigenvalue weighted by atomic mass is 79.9. The number of H-pyrrole nitrogens is 2. The number of fused-ring (bicyclic) bond motifs is 2. The van der Waals surface area contributed by atoms with Gasteiger partial charge < -0.3 is 15.1 Å². The Kier molecular flexibility index (Phi) is 2.66. The number of aromatic carboxylic acids is 1. The number of thiophene rings is 1. The third-order valence-electron chi connectivity index (χ3n) is 3.41. The highest BCUT2D eigenvalue weighted by Crippen LogP contribution is 2.41. The monoisotopic (exact) mass is 361 g/mol. The lowest BCUT2D eigenvalue weighted by molar-refractivity contribution is 0.0692. The summed E-state index contributed by atoms with van der Waals surface area (Å²) in [5.41, 5.74) is 4.14. The lowest BCUT2D eigenvalue weighted by Gasteiger charge is -2.02. The fourth-order valence-electron chi connectivity index (χ4n) is 2.52. The average Bonchev–Trinajstić information content (AvgIpc) is 3.14. The number of aromatic amines is 2. The molecule has 104 valence electrons. The first kappa shape index (κ1) is 12.6. The van der Waals surface area contributed by atoms with Crippen molar-refractivity contribution in [3.05, 3.63) is 40.1 Å². The molecule has 0 aliphatic rings. The Morgan fingerprint density at radius 2 is 2.24 bits per heavy atom. The van der Waals surface area contributed by atoms with Gasteiger partial charge in [0.25, 0.3) is 0 Å². The van der Waals surface area contributed by atoms with Gasteiger partial charge in [-0.25, -0.2) is 9.78 Å². The summed E-state index contributed by atoms with van der Waals surface area (Å²) < 4.78 is 1.78. The second-order valence-electron chi connectivity index (χ2n) is 4.57. The van der Waals surface area contributed by atoms with E-state index in [0.29, 0.717) is 5.56 Å². The van der Waals surface area contributed by atoms with Gasteiger partial charge in [0.05, 0.1) is 32.1 Å². The Bertz CT molecular complexity index is 998. The molecule has 5 nitrogen and oxygen atoms in total. The standard InChI is InChI=1S/C14H8BrN3O2S/c15-7-4-21-13-9(12(14(19)20)18-11(7)13)6-2-1-3-8-10(6)17-5-16-8/h1-5,18H,(H,16,17)(H,19,20). The topological polar surface area (TPSA) is 81.8 Å². The quantitative estimate of drug-likeness (QED) is 0.499. The SMILES string of the molecule is O=C(O)c1[nH]c2c(Br)csc2c1-c1cccc2[nH]cnc12. The average molecular weight is 362 g/mol. The van der Waals surface area contributed by atoms with Gasteiger partial charge in [-0.05, 0) is 22.0 Å². The Morgan fingerprint density at radius 1 is 1.38 bits per heavy atom. The number of carboxylic acid groups (broad SMARTS) is 1. The summed E-state index contributed by atoms with van der Waals surface area (Å²) in [6.07, 6.45) is 1.61. The van der Waals surface area contributed by atoms with E-state index in [-0.39, 0.29) is 5.69 Å². The number of nitrogens with zero attached hydrogens (tertiary/aromatic N) is 1.